The lowest BCUT2D eigenvalue weighted by Crippen LogP contribution is -2.28. The number of thiazole rings is 1. The maximum Gasteiger partial charge on any atom is 0.265 e. The lowest BCUT2D eigenvalue weighted by Gasteiger charge is -2.09. The van der Waals surface area contributed by atoms with E-state index in [1.165, 1.54) is 37.0 Å². The Bertz CT molecular complexity index is 426. The molecule has 6 heteroatoms. The standard InChI is InChI=1S/C13H22N4OS/c1-2-7-15-13-17-11(14)10(19-13)12(18)16-8-9-5-3-4-6-9/h9H,2-8,14H2,1H3,(H,15,17)(H,16,18). The van der Waals surface area contributed by atoms with Crippen molar-refractivity contribution in [2.75, 3.05) is 24.1 Å². The second-order valence-corrected chi connectivity index (χ2v) is 6.02. The molecule has 1 aliphatic carbocycles. The predicted octanol–water partition coefficient (Wildman–Crippen LogP) is 2.47. The third-order valence-corrected chi connectivity index (χ3v) is 4.44. The Morgan fingerprint density at radius 2 is 2.21 bits per heavy atom. The number of rotatable bonds is 6. The summed E-state index contributed by atoms with van der Waals surface area (Å²) in [4.78, 5) is 16.8. The fourth-order valence-corrected chi connectivity index (χ4v) is 3.16. The summed E-state index contributed by atoms with van der Waals surface area (Å²) >= 11 is 1.33. The van der Waals surface area contributed by atoms with E-state index in [4.69, 9.17) is 5.73 Å². The highest BCUT2D eigenvalue weighted by Crippen LogP contribution is 2.26. The van der Waals surface area contributed by atoms with Crippen molar-refractivity contribution in [2.24, 2.45) is 5.92 Å². The van der Waals surface area contributed by atoms with Crippen LogP contribution in [0.4, 0.5) is 10.9 Å². The van der Waals surface area contributed by atoms with Gasteiger partial charge in [-0.25, -0.2) is 4.98 Å². The number of hydrogen-bond donors (Lipinski definition) is 3. The van der Waals surface area contributed by atoms with Gasteiger partial charge in [0.1, 0.15) is 10.7 Å². The van der Waals surface area contributed by atoms with Crippen molar-refractivity contribution < 1.29 is 4.79 Å². The Kier molecular flexibility index (Phi) is 5.01. The molecule has 106 valence electrons. The van der Waals surface area contributed by atoms with Gasteiger partial charge in [0, 0.05) is 13.1 Å². The van der Waals surface area contributed by atoms with Gasteiger partial charge in [0.2, 0.25) is 0 Å². The topological polar surface area (TPSA) is 80.0 Å². The molecular formula is C13H22N4OS. The fourth-order valence-electron chi connectivity index (χ4n) is 2.33. The van der Waals surface area contributed by atoms with E-state index in [1.807, 2.05) is 0 Å². The molecule has 0 atom stereocenters. The van der Waals surface area contributed by atoms with Gasteiger partial charge in [-0.3, -0.25) is 4.79 Å². The van der Waals surface area contributed by atoms with Crippen LogP contribution in [0.15, 0.2) is 0 Å². The maximum atomic E-state index is 12.1. The van der Waals surface area contributed by atoms with Crippen LogP contribution < -0.4 is 16.4 Å². The van der Waals surface area contributed by atoms with E-state index in [2.05, 4.69) is 22.5 Å². The first kappa shape index (κ1) is 14.1. The summed E-state index contributed by atoms with van der Waals surface area (Å²) in [6.07, 6.45) is 6.04. The number of nitrogen functional groups attached to an aromatic ring is 1. The molecule has 1 amide bonds. The van der Waals surface area contributed by atoms with Crippen molar-refractivity contribution in [3.63, 3.8) is 0 Å². The van der Waals surface area contributed by atoms with Gasteiger partial charge in [0.05, 0.1) is 0 Å². The minimum absolute atomic E-state index is 0.0913. The van der Waals surface area contributed by atoms with E-state index in [0.717, 1.165) is 24.6 Å². The highest BCUT2D eigenvalue weighted by atomic mass is 32.1. The Morgan fingerprint density at radius 1 is 1.47 bits per heavy atom. The van der Waals surface area contributed by atoms with E-state index in [-0.39, 0.29) is 5.91 Å². The number of nitrogens with one attached hydrogen (secondary N) is 2. The van der Waals surface area contributed by atoms with Crippen molar-refractivity contribution in [1.82, 2.24) is 10.3 Å². The first-order valence-corrected chi connectivity index (χ1v) is 7.80. The average molecular weight is 282 g/mol. The Morgan fingerprint density at radius 3 is 2.89 bits per heavy atom. The van der Waals surface area contributed by atoms with Crippen molar-refractivity contribution in [1.29, 1.82) is 0 Å². The third-order valence-electron chi connectivity index (χ3n) is 3.41. The van der Waals surface area contributed by atoms with Crippen LogP contribution in [-0.2, 0) is 0 Å². The van der Waals surface area contributed by atoms with Crippen LogP contribution >= 0.6 is 11.3 Å². The number of nitrogens with zero attached hydrogens (tertiary/aromatic N) is 1. The summed E-state index contributed by atoms with van der Waals surface area (Å²) in [5.41, 5.74) is 5.80. The van der Waals surface area contributed by atoms with E-state index in [1.54, 1.807) is 0 Å². The smallest absolute Gasteiger partial charge is 0.265 e. The van der Waals surface area contributed by atoms with E-state index >= 15 is 0 Å². The Labute approximate surface area is 118 Å². The molecule has 19 heavy (non-hydrogen) atoms. The van der Waals surface area contributed by atoms with Gasteiger partial charge in [-0.15, -0.1) is 0 Å². The quantitative estimate of drug-likeness (QED) is 0.749. The van der Waals surface area contributed by atoms with E-state index < -0.39 is 0 Å². The summed E-state index contributed by atoms with van der Waals surface area (Å²) in [6, 6.07) is 0. The van der Waals surface area contributed by atoms with Crippen molar-refractivity contribution in [2.45, 2.75) is 39.0 Å². The third kappa shape index (κ3) is 3.83. The molecule has 0 unspecified atom stereocenters. The van der Waals surface area contributed by atoms with E-state index in [9.17, 15) is 4.79 Å². The van der Waals surface area contributed by atoms with Gasteiger partial charge in [0.15, 0.2) is 5.13 Å². The fraction of sp³-hybridized carbons (Fsp3) is 0.692. The van der Waals surface area contributed by atoms with Gasteiger partial charge in [-0.2, -0.15) is 0 Å². The summed E-state index contributed by atoms with van der Waals surface area (Å²) in [5, 5.41) is 6.86. The first-order chi connectivity index (χ1) is 9.20. The molecule has 1 aromatic heterocycles. The zero-order valence-electron chi connectivity index (χ0n) is 11.4. The largest absolute Gasteiger partial charge is 0.382 e. The van der Waals surface area contributed by atoms with Crippen LogP contribution in [0.2, 0.25) is 0 Å². The number of carbonyl (C=O) groups is 1. The Hall–Kier alpha value is -1.30. The highest BCUT2D eigenvalue weighted by Gasteiger charge is 2.19. The van der Waals surface area contributed by atoms with Crippen LogP contribution in [0.5, 0.6) is 0 Å². The second-order valence-electron chi connectivity index (χ2n) is 5.02. The lowest BCUT2D eigenvalue weighted by molar-refractivity contribution is 0.0952. The second kappa shape index (κ2) is 6.75. The van der Waals surface area contributed by atoms with Gasteiger partial charge in [-0.1, -0.05) is 31.1 Å². The molecule has 1 aliphatic rings. The molecule has 0 radical (unpaired) electrons. The molecule has 1 aromatic rings. The van der Waals surface area contributed by atoms with Crippen molar-refractivity contribution in [3.8, 4) is 0 Å². The number of amides is 1. The molecule has 0 aliphatic heterocycles. The van der Waals surface area contributed by atoms with E-state index in [0.29, 0.717) is 16.6 Å². The van der Waals surface area contributed by atoms with Crippen molar-refractivity contribution >= 4 is 28.2 Å². The van der Waals surface area contributed by atoms with Crippen LogP contribution in [0.1, 0.15) is 48.7 Å². The maximum absolute atomic E-state index is 12.1. The van der Waals surface area contributed by atoms with Gasteiger partial charge >= 0.3 is 0 Å². The van der Waals surface area contributed by atoms with Gasteiger partial charge in [-0.05, 0) is 25.2 Å². The number of aromatic nitrogens is 1. The number of anilines is 2. The van der Waals surface area contributed by atoms with Crippen molar-refractivity contribution in [3.05, 3.63) is 4.88 Å². The first-order valence-electron chi connectivity index (χ1n) is 6.99. The molecule has 0 saturated heterocycles. The minimum Gasteiger partial charge on any atom is -0.382 e. The summed E-state index contributed by atoms with van der Waals surface area (Å²) < 4.78 is 0. The molecule has 2 rings (SSSR count). The molecule has 5 nitrogen and oxygen atoms in total. The van der Waals surface area contributed by atoms with Crippen LogP contribution in [0.3, 0.4) is 0 Å². The molecule has 1 fully saturated rings. The normalized spacial score (nSPS) is 15.6. The van der Waals surface area contributed by atoms with Crippen LogP contribution in [0.25, 0.3) is 0 Å². The van der Waals surface area contributed by atoms with Crippen LogP contribution in [0, 0.1) is 5.92 Å². The molecule has 0 spiro atoms. The molecule has 0 aromatic carbocycles. The number of hydrogen-bond acceptors (Lipinski definition) is 5. The highest BCUT2D eigenvalue weighted by molar-refractivity contribution is 7.18. The number of carbonyl (C=O) groups excluding carboxylic acids is 1. The lowest BCUT2D eigenvalue weighted by atomic mass is 10.1. The van der Waals surface area contributed by atoms with Gasteiger partial charge in [0.25, 0.3) is 5.91 Å². The molecule has 1 saturated carbocycles. The SMILES string of the molecule is CCCNc1nc(N)c(C(=O)NCC2CCCC2)s1. The Balaban J connectivity index is 1.88. The molecule has 1 heterocycles. The zero-order chi connectivity index (χ0) is 13.7. The van der Waals surface area contributed by atoms with Gasteiger partial charge < -0.3 is 16.4 Å². The molecular weight excluding hydrogens is 260 g/mol. The molecule has 0 bridgehead atoms. The monoisotopic (exact) mass is 282 g/mol. The zero-order valence-corrected chi connectivity index (χ0v) is 12.2. The molecule has 4 N–H and O–H groups in total. The van der Waals surface area contributed by atoms with Crippen LogP contribution in [-0.4, -0.2) is 24.0 Å². The minimum atomic E-state index is -0.0913. The summed E-state index contributed by atoms with van der Waals surface area (Å²) in [5.74, 6) is 0.870. The number of nitrogens with two attached hydrogens (primary N) is 1. The predicted molar refractivity (Wildman–Crippen MR) is 79.6 cm³/mol. The summed E-state index contributed by atoms with van der Waals surface area (Å²) in [7, 11) is 0. The summed E-state index contributed by atoms with van der Waals surface area (Å²) in [6.45, 7) is 3.68. The average Bonchev–Trinajstić information content (AvgIpc) is 3.03.